The molecule has 142 valence electrons. The summed E-state index contributed by atoms with van der Waals surface area (Å²) in [5.74, 6) is -0.0270. The monoisotopic (exact) mass is 391 g/mol. The van der Waals surface area contributed by atoms with Crippen molar-refractivity contribution in [2.24, 2.45) is 0 Å². The molecular weight excluding hydrogens is 366 g/mol. The molecular formula is C16H26ClN3O4S. The summed E-state index contributed by atoms with van der Waals surface area (Å²) in [6.07, 6.45) is 2.58. The molecule has 1 saturated heterocycles. The number of sulfonamides is 1. The van der Waals surface area contributed by atoms with Crippen LogP contribution in [0, 0.1) is 0 Å². The second-order valence-electron chi connectivity index (χ2n) is 5.81. The molecule has 25 heavy (non-hydrogen) atoms. The molecule has 0 spiro atoms. The Balaban J connectivity index is 0.00000312. The van der Waals surface area contributed by atoms with Gasteiger partial charge in [0, 0.05) is 32.7 Å². The molecule has 0 aromatic heterocycles. The molecule has 1 unspecified atom stereocenters. The molecule has 0 bridgehead atoms. The van der Waals surface area contributed by atoms with E-state index in [2.05, 4.69) is 15.4 Å². The molecule has 0 aliphatic carbocycles. The van der Waals surface area contributed by atoms with Gasteiger partial charge in [-0.2, -0.15) is 0 Å². The molecule has 0 saturated carbocycles. The third-order valence-electron chi connectivity index (χ3n) is 3.89. The number of hydrogen-bond acceptors (Lipinski definition) is 5. The van der Waals surface area contributed by atoms with Gasteiger partial charge in [0.25, 0.3) is 0 Å². The fourth-order valence-corrected chi connectivity index (χ4v) is 3.69. The van der Waals surface area contributed by atoms with Crippen molar-refractivity contribution in [2.75, 3.05) is 26.8 Å². The van der Waals surface area contributed by atoms with Crippen LogP contribution >= 0.6 is 12.4 Å². The van der Waals surface area contributed by atoms with Gasteiger partial charge in [0.1, 0.15) is 0 Å². The molecule has 1 aromatic rings. The van der Waals surface area contributed by atoms with Gasteiger partial charge in [0.05, 0.1) is 11.5 Å². The summed E-state index contributed by atoms with van der Waals surface area (Å²) < 4.78 is 31.6. The van der Waals surface area contributed by atoms with Crippen molar-refractivity contribution < 1.29 is 17.9 Å². The van der Waals surface area contributed by atoms with Crippen LogP contribution in [0.4, 0.5) is 0 Å². The number of halogens is 1. The molecule has 1 aliphatic heterocycles. The van der Waals surface area contributed by atoms with E-state index >= 15 is 0 Å². The van der Waals surface area contributed by atoms with Crippen LogP contribution in [0.1, 0.15) is 24.8 Å². The van der Waals surface area contributed by atoms with Crippen LogP contribution < -0.4 is 15.4 Å². The molecule has 2 rings (SSSR count). The van der Waals surface area contributed by atoms with Crippen LogP contribution in [-0.2, 0) is 26.1 Å². The van der Waals surface area contributed by atoms with E-state index < -0.39 is 10.0 Å². The molecule has 1 fully saturated rings. The maximum Gasteiger partial charge on any atom is 0.240 e. The predicted molar refractivity (Wildman–Crippen MR) is 98.2 cm³/mol. The van der Waals surface area contributed by atoms with Crippen LogP contribution in [0.25, 0.3) is 0 Å². The normalized spacial score (nSPS) is 17.1. The lowest BCUT2D eigenvalue weighted by Crippen LogP contribution is -2.31. The standard InChI is InChI=1S/C16H25N3O4S.ClH/c1-23-9-8-19-24(21,22)15-6-2-4-13(10-15)12-18-16(20)11-14-5-3-7-17-14;/h2,4,6,10,14,17,19H,3,5,7-9,11-12H2,1H3,(H,18,20);1H. The summed E-state index contributed by atoms with van der Waals surface area (Å²) >= 11 is 0. The average molecular weight is 392 g/mol. The predicted octanol–water partition coefficient (Wildman–Crippen LogP) is 0.791. The summed E-state index contributed by atoms with van der Waals surface area (Å²) in [5, 5.41) is 6.12. The zero-order chi connectivity index (χ0) is 17.4. The van der Waals surface area contributed by atoms with Crippen molar-refractivity contribution in [3.8, 4) is 0 Å². The summed E-state index contributed by atoms with van der Waals surface area (Å²) in [7, 11) is -2.05. The minimum absolute atomic E-state index is 0. The van der Waals surface area contributed by atoms with E-state index in [1.807, 2.05) is 0 Å². The number of benzene rings is 1. The highest BCUT2D eigenvalue weighted by Gasteiger charge is 2.18. The van der Waals surface area contributed by atoms with Gasteiger partial charge in [-0.1, -0.05) is 12.1 Å². The first-order valence-electron chi connectivity index (χ1n) is 8.09. The molecule has 1 aliphatic rings. The first-order chi connectivity index (χ1) is 11.5. The minimum atomic E-state index is -3.56. The topological polar surface area (TPSA) is 96.5 Å². The van der Waals surface area contributed by atoms with Crippen molar-refractivity contribution in [3.63, 3.8) is 0 Å². The lowest BCUT2D eigenvalue weighted by atomic mass is 10.1. The largest absolute Gasteiger partial charge is 0.383 e. The molecule has 3 N–H and O–H groups in total. The molecule has 1 heterocycles. The van der Waals surface area contributed by atoms with Crippen molar-refractivity contribution >= 4 is 28.3 Å². The van der Waals surface area contributed by atoms with Crippen LogP contribution in [0.3, 0.4) is 0 Å². The Bertz CT molecular complexity index is 649. The third-order valence-corrected chi connectivity index (χ3v) is 5.35. The number of carbonyl (C=O) groups is 1. The molecule has 1 atom stereocenters. The van der Waals surface area contributed by atoms with Crippen molar-refractivity contribution in [1.82, 2.24) is 15.4 Å². The van der Waals surface area contributed by atoms with E-state index in [0.717, 1.165) is 24.9 Å². The lowest BCUT2D eigenvalue weighted by molar-refractivity contribution is -0.121. The van der Waals surface area contributed by atoms with Gasteiger partial charge in [-0.25, -0.2) is 13.1 Å². The van der Waals surface area contributed by atoms with Gasteiger partial charge in [0.2, 0.25) is 15.9 Å². The van der Waals surface area contributed by atoms with Gasteiger partial charge < -0.3 is 15.4 Å². The van der Waals surface area contributed by atoms with E-state index in [9.17, 15) is 13.2 Å². The van der Waals surface area contributed by atoms with Crippen molar-refractivity contribution in [1.29, 1.82) is 0 Å². The maximum absolute atomic E-state index is 12.2. The van der Waals surface area contributed by atoms with E-state index in [4.69, 9.17) is 4.74 Å². The lowest BCUT2D eigenvalue weighted by Gasteiger charge is -2.11. The second-order valence-corrected chi connectivity index (χ2v) is 7.58. The number of methoxy groups -OCH3 is 1. The van der Waals surface area contributed by atoms with E-state index in [0.29, 0.717) is 19.6 Å². The fourth-order valence-electron chi connectivity index (χ4n) is 2.61. The third kappa shape index (κ3) is 7.29. The second kappa shape index (κ2) is 10.7. The molecule has 7 nitrogen and oxygen atoms in total. The summed E-state index contributed by atoms with van der Waals surface area (Å²) in [5.41, 5.74) is 0.748. The van der Waals surface area contributed by atoms with Gasteiger partial charge in [-0.05, 0) is 37.1 Å². The van der Waals surface area contributed by atoms with Gasteiger partial charge in [-0.15, -0.1) is 12.4 Å². The molecule has 1 amide bonds. The van der Waals surface area contributed by atoms with Crippen molar-refractivity contribution in [2.45, 2.75) is 36.7 Å². The van der Waals surface area contributed by atoms with Crippen LogP contribution in [-0.4, -0.2) is 47.2 Å². The van der Waals surface area contributed by atoms with Gasteiger partial charge in [0.15, 0.2) is 0 Å². The number of nitrogens with one attached hydrogen (secondary N) is 3. The van der Waals surface area contributed by atoms with E-state index in [-0.39, 0.29) is 35.8 Å². The maximum atomic E-state index is 12.2. The number of ether oxygens (including phenoxy) is 1. The van der Waals surface area contributed by atoms with Crippen LogP contribution in [0.15, 0.2) is 29.2 Å². The number of carbonyl (C=O) groups excluding carboxylic acids is 1. The van der Waals surface area contributed by atoms with E-state index in [1.54, 1.807) is 18.2 Å². The zero-order valence-corrected chi connectivity index (χ0v) is 15.9. The fraction of sp³-hybridized carbons (Fsp3) is 0.562. The summed E-state index contributed by atoms with van der Waals surface area (Å²) in [6, 6.07) is 6.82. The molecule has 9 heteroatoms. The van der Waals surface area contributed by atoms with E-state index in [1.165, 1.54) is 13.2 Å². The summed E-state index contributed by atoms with van der Waals surface area (Å²) in [6.45, 7) is 1.80. The Morgan fingerprint density at radius 1 is 1.40 bits per heavy atom. The van der Waals surface area contributed by atoms with Gasteiger partial charge in [-0.3, -0.25) is 4.79 Å². The highest BCUT2D eigenvalue weighted by Crippen LogP contribution is 2.12. The number of hydrogen-bond donors (Lipinski definition) is 3. The average Bonchev–Trinajstić information content (AvgIpc) is 3.06. The first kappa shape index (κ1) is 21.9. The Morgan fingerprint density at radius 3 is 2.88 bits per heavy atom. The first-order valence-corrected chi connectivity index (χ1v) is 9.57. The number of rotatable bonds is 9. The van der Waals surface area contributed by atoms with Crippen LogP contribution in [0.5, 0.6) is 0 Å². The SMILES string of the molecule is COCCNS(=O)(=O)c1cccc(CNC(=O)CC2CCCN2)c1.Cl. The smallest absolute Gasteiger partial charge is 0.240 e. The Hall–Kier alpha value is -1.19. The Kier molecular flexibility index (Phi) is 9.37. The molecule has 0 radical (unpaired) electrons. The molecule has 1 aromatic carbocycles. The highest BCUT2D eigenvalue weighted by molar-refractivity contribution is 7.89. The quantitative estimate of drug-likeness (QED) is 0.541. The number of amides is 1. The van der Waals surface area contributed by atoms with Crippen molar-refractivity contribution in [3.05, 3.63) is 29.8 Å². The zero-order valence-electron chi connectivity index (χ0n) is 14.3. The minimum Gasteiger partial charge on any atom is -0.383 e. The Morgan fingerprint density at radius 2 is 2.20 bits per heavy atom. The van der Waals surface area contributed by atoms with Crippen LogP contribution in [0.2, 0.25) is 0 Å². The van der Waals surface area contributed by atoms with Gasteiger partial charge >= 0.3 is 0 Å². The summed E-state index contributed by atoms with van der Waals surface area (Å²) in [4.78, 5) is 12.1. The Labute approximate surface area is 155 Å². The highest BCUT2D eigenvalue weighted by atomic mass is 35.5.